The first-order valence-electron chi connectivity index (χ1n) is 15.8. The first-order valence-corrected chi connectivity index (χ1v) is 15.8. The number of hydrogen-bond acceptors (Lipinski definition) is 10. The molecule has 0 radical (unpaired) electrons. The zero-order valence-corrected chi connectivity index (χ0v) is 26.6. The molecule has 15 heteroatoms. The van der Waals surface area contributed by atoms with Crippen LogP contribution in [-0.2, 0) is 0 Å². The number of amides is 5. The Balaban J connectivity index is 0.946. The number of rotatable bonds is 11. The maximum atomic E-state index is 13.5. The molecule has 5 aromatic rings. The number of non-ortho nitro benzene ring substituents is 2. The van der Waals surface area contributed by atoms with Crippen molar-refractivity contribution in [1.29, 1.82) is 0 Å². The van der Waals surface area contributed by atoms with E-state index in [9.17, 15) is 44.2 Å². The largest absolute Gasteiger partial charge is 0.352 e. The van der Waals surface area contributed by atoms with Gasteiger partial charge in [-0.05, 0) is 54.1 Å². The van der Waals surface area contributed by atoms with Crippen molar-refractivity contribution >= 4 is 68.1 Å². The summed E-state index contributed by atoms with van der Waals surface area (Å²) in [5, 5.41) is 30.4. The van der Waals surface area contributed by atoms with Crippen molar-refractivity contribution in [2.75, 3.05) is 31.1 Å². The van der Waals surface area contributed by atoms with E-state index in [2.05, 4.69) is 10.6 Å². The summed E-state index contributed by atoms with van der Waals surface area (Å²) in [7, 11) is 0. The highest BCUT2D eigenvalue weighted by Crippen LogP contribution is 2.36. The number of carbonyl (C=O) groups excluding carboxylic acids is 5. The van der Waals surface area contributed by atoms with Crippen molar-refractivity contribution < 1.29 is 33.8 Å². The molecule has 0 atom stereocenters. The molecular formula is C36H26N6O9. The number of imide groups is 2. The number of benzene rings is 5. The molecule has 0 fully saturated rings. The van der Waals surface area contributed by atoms with Crippen LogP contribution in [0.4, 0.5) is 17.1 Å². The Morgan fingerprint density at radius 2 is 1.18 bits per heavy atom. The van der Waals surface area contributed by atoms with E-state index in [0.29, 0.717) is 40.1 Å². The summed E-state index contributed by atoms with van der Waals surface area (Å²) in [6.45, 7) is 0.931. The van der Waals surface area contributed by atoms with Gasteiger partial charge in [-0.3, -0.25) is 49.1 Å². The molecule has 0 aliphatic carbocycles. The summed E-state index contributed by atoms with van der Waals surface area (Å²) in [5.41, 5.74) is 0.396. The Morgan fingerprint density at radius 1 is 0.627 bits per heavy atom. The minimum Gasteiger partial charge on any atom is -0.352 e. The Kier molecular flexibility index (Phi) is 8.24. The fourth-order valence-electron chi connectivity index (χ4n) is 6.50. The van der Waals surface area contributed by atoms with E-state index in [-0.39, 0.29) is 59.0 Å². The van der Waals surface area contributed by atoms with Crippen LogP contribution >= 0.6 is 0 Å². The van der Waals surface area contributed by atoms with Crippen LogP contribution in [0.2, 0.25) is 0 Å². The lowest BCUT2D eigenvalue weighted by molar-refractivity contribution is -0.384. The van der Waals surface area contributed by atoms with Gasteiger partial charge in [-0.2, -0.15) is 0 Å². The van der Waals surface area contributed by atoms with Gasteiger partial charge in [-0.25, -0.2) is 4.90 Å². The van der Waals surface area contributed by atoms with Gasteiger partial charge in [-0.1, -0.05) is 30.3 Å². The van der Waals surface area contributed by atoms with Gasteiger partial charge in [0, 0.05) is 71.4 Å². The van der Waals surface area contributed by atoms with Crippen LogP contribution in [0, 0.1) is 20.2 Å². The lowest BCUT2D eigenvalue weighted by Crippen LogP contribution is -2.44. The summed E-state index contributed by atoms with van der Waals surface area (Å²) < 4.78 is 0. The number of nitro benzene ring substituents is 2. The zero-order valence-electron chi connectivity index (χ0n) is 26.6. The van der Waals surface area contributed by atoms with Gasteiger partial charge in [0.15, 0.2) is 0 Å². The number of nitrogens with zero attached hydrogens (tertiary/aromatic N) is 4. The van der Waals surface area contributed by atoms with Gasteiger partial charge < -0.3 is 10.6 Å². The van der Waals surface area contributed by atoms with E-state index < -0.39 is 39.4 Å². The topological polar surface area (TPSA) is 202 Å². The molecule has 254 valence electrons. The molecule has 7 rings (SSSR count). The molecule has 2 heterocycles. The molecule has 2 N–H and O–H groups in total. The van der Waals surface area contributed by atoms with Gasteiger partial charge in [0.05, 0.1) is 26.7 Å². The summed E-state index contributed by atoms with van der Waals surface area (Å²) in [6.07, 6.45) is 0.477. The van der Waals surface area contributed by atoms with Crippen LogP contribution in [-0.4, -0.2) is 70.5 Å². The molecule has 2 aliphatic rings. The second-order valence-corrected chi connectivity index (χ2v) is 11.9. The first kappa shape index (κ1) is 32.7. The van der Waals surface area contributed by atoms with Gasteiger partial charge in [-0.15, -0.1) is 0 Å². The van der Waals surface area contributed by atoms with Gasteiger partial charge in [0.2, 0.25) is 0 Å². The van der Waals surface area contributed by atoms with Crippen molar-refractivity contribution in [1.82, 2.24) is 15.5 Å². The highest BCUT2D eigenvalue weighted by atomic mass is 16.6. The average molecular weight is 687 g/mol. The van der Waals surface area contributed by atoms with E-state index in [0.717, 1.165) is 15.9 Å². The van der Waals surface area contributed by atoms with Gasteiger partial charge in [0.25, 0.3) is 40.9 Å². The smallest absolute Gasteiger partial charge is 0.270 e. The third-order valence-electron chi connectivity index (χ3n) is 8.86. The number of nitrogens with one attached hydrogen (secondary N) is 2. The monoisotopic (exact) mass is 686 g/mol. The second kappa shape index (κ2) is 12.9. The van der Waals surface area contributed by atoms with E-state index in [4.69, 9.17) is 0 Å². The van der Waals surface area contributed by atoms with Crippen LogP contribution in [0.3, 0.4) is 0 Å². The van der Waals surface area contributed by atoms with Crippen molar-refractivity contribution in [2.24, 2.45) is 0 Å². The van der Waals surface area contributed by atoms with Crippen molar-refractivity contribution in [3.8, 4) is 0 Å². The van der Waals surface area contributed by atoms with Crippen molar-refractivity contribution in [3.05, 3.63) is 133 Å². The standard InChI is InChI=1S/C36H26N6O9/c43-32(22-7-1-8-23(17-22)40-35(46)27-10-3-6-21-16-25(42(50)51)19-29(31(21)27)36(40)47)38-12-4-11-37-13-14-39-33(44)26-9-2-5-20-15-24(41(48)49)18-28(30(20)26)34(39)45/h1-3,5-10,15-19,37H,4,11-14H2,(H,38,43). The van der Waals surface area contributed by atoms with E-state index in [1.807, 2.05) is 0 Å². The molecule has 15 nitrogen and oxygen atoms in total. The van der Waals surface area contributed by atoms with Crippen LogP contribution < -0.4 is 15.5 Å². The zero-order chi connectivity index (χ0) is 36.0. The van der Waals surface area contributed by atoms with Gasteiger partial charge >= 0.3 is 0 Å². The minimum atomic E-state index is -0.744. The predicted molar refractivity (Wildman–Crippen MR) is 184 cm³/mol. The minimum absolute atomic E-state index is 0.0110. The molecule has 0 saturated heterocycles. The molecule has 0 aromatic heterocycles. The number of hydrogen-bond donors (Lipinski definition) is 2. The summed E-state index contributed by atoms with van der Waals surface area (Å²) in [5.74, 6) is -2.92. The summed E-state index contributed by atoms with van der Waals surface area (Å²) >= 11 is 0. The summed E-state index contributed by atoms with van der Waals surface area (Å²) in [6, 6.07) is 20.5. The molecule has 5 amide bonds. The maximum absolute atomic E-state index is 13.5. The van der Waals surface area contributed by atoms with Crippen LogP contribution in [0.15, 0.2) is 84.9 Å². The van der Waals surface area contributed by atoms with Crippen LogP contribution in [0.5, 0.6) is 0 Å². The van der Waals surface area contributed by atoms with Gasteiger partial charge in [0.1, 0.15) is 0 Å². The number of anilines is 1. The van der Waals surface area contributed by atoms with Crippen LogP contribution in [0.1, 0.15) is 58.2 Å². The normalized spacial score (nSPS) is 13.6. The number of carbonyl (C=O) groups is 5. The quantitative estimate of drug-likeness (QED) is 0.0855. The first-order chi connectivity index (χ1) is 24.5. The Labute approximate surface area is 287 Å². The highest BCUT2D eigenvalue weighted by Gasteiger charge is 2.36. The molecule has 5 aromatic carbocycles. The Morgan fingerprint density at radius 3 is 1.80 bits per heavy atom. The van der Waals surface area contributed by atoms with E-state index >= 15 is 0 Å². The molecule has 2 aliphatic heterocycles. The van der Waals surface area contributed by atoms with E-state index in [1.165, 1.54) is 42.5 Å². The molecule has 0 bridgehead atoms. The molecule has 51 heavy (non-hydrogen) atoms. The van der Waals surface area contributed by atoms with Crippen molar-refractivity contribution in [2.45, 2.75) is 6.42 Å². The fourth-order valence-corrected chi connectivity index (χ4v) is 6.50. The SMILES string of the molecule is O=C(NCCCNCCN1C(=O)c2cccc3cc([N+](=O)[O-])cc(c23)C1=O)c1cccc(N2C(=O)c3cccc4cc([N+](=O)[O-])cc(c34)C2=O)c1. The fraction of sp³-hybridized carbons (Fsp3) is 0.139. The van der Waals surface area contributed by atoms with Crippen molar-refractivity contribution in [3.63, 3.8) is 0 Å². The molecular weight excluding hydrogens is 660 g/mol. The lowest BCUT2D eigenvalue weighted by atomic mass is 9.93. The Hall–Kier alpha value is -6.87. The number of nitro groups is 2. The highest BCUT2D eigenvalue weighted by molar-refractivity contribution is 6.36. The Bertz CT molecular complexity index is 2390. The second-order valence-electron chi connectivity index (χ2n) is 11.9. The third kappa shape index (κ3) is 5.70. The lowest BCUT2D eigenvalue weighted by Gasteiger charge is -2.27. The average Bonchev–Trinajstić information content (AvgIpc) is 3.13. The molecule has 0 saturated carbocycles. The summed E-state index contributed by atoms with van der Waals surface area (Å²) in [4.78, 5) is 90.1. The predicted octanol–water partition coefficient (Wildman–Crippen LogP) is 4.62. The third-order valence-corrected chi connectivity index (χ3v) is 8.86. The van der Waals surface area contributed by atoms with E-state index in [1.54, 1.807) is 36.4 Å². The molecule has 0 spiro atoms. The maximum Gasteiger partial charge on any atom is 0.270 e. The molecule has 0 unspecified atom stereocenters. The van der Waals surface area contributed by atoms with Crippen LogP contribution in [0.25, 0.3) is 21.5 Å².